The van der Waals surface area contributed by atoms with E-state index in [-0.39, 0.29) is 21.4 Å². The van der Waals surface area contributed by atoms with Crippen LogP contribution in [0.3, 0.4) is 0 Å². The first-order valence-electron chi connectivity index (χ1n) is 5.22. The van der Waals surface area contributed by atoms with Gasteiger partial charge in [0.15, 0.2) is 10.9 Å². The molecule has 0 aliphatic heterocycles. The molecule has 0 bridgehead atoms. The molecule has 0 saturated carbocycles. The molecule has 100 valence electrons. The maximum absolute atomic E-state index is 13.6. The number of aromatic nitrogens is 1. The van der Waals surface area contributed by atoms with E-state index < -0.39 is 11.7 Å². The van der Waals surface area contributed by atoms with Gasteiger partial charge in [0.25, 0.3) is 5.91 Å². The van der Waals surface area contributed by atoms with Crippen molar-refractivity contribution in [3.63, 3.8) is 0 Å². The Hall–Kier alpha value is -1.86. The van der Waals surface area contributed by atoms with Crippen molar-refractivity contribution in [3.8, 4) is 0 Å². The Balaban J connectivity index is 2.25. The van der Waals surface area contributed by atoms with Crippen LogP contribution in [0.1, 0.15) is 9.67 Å². The smallest absolute Gasteiger partial charge is 0.269 e. The fourth-order valence-electron chi connectivity index (χ4n) is 1.38. The third-order valence-electron chi connectivity index (χ3n) is 2.27. The van der Waals surface area contributed by atoms with E-state index in [4.69, 9.17) is 17.3 Å². The van der Waals surface area contributed by atoms with E-state index in [0.29, 0.717) is 5.13 Å². The number of anilines is 3. The van der Waals surface area contributed by atoms with Crippen LogP contribution in [0.5, 0.6) is 0 Å². The lowest BCUT2D eigenvalue weighted by Crippen LogP contribution is -2.13. The number of nitrogen functional groups attached to an aromatic ring is 1. The molecule has 8 heteroatoms. The number of hydrogen-bond acceptors (Lipinski definition) is 5. The quantitative estimate of drug-likeness (QED) is 0.814. The first-order valence-corrected chi connectivity index (χ1v) is 6.41. The van der Waals surface area contributed by atoms with Crippen molar-refractivity contribution in [2.45, 2.75) is 0 Å². The summed E-state index contributed by atoms with van der Waals surface area (Å²) >= 11 is 6.71. The molecule has 0 aliphatic rings. The number of rotatable bonds is 3. The summed E-state index contributed by atoms with van der Waals surface area (Å²) in [4.78, 5) is 16.1. The molecule has 2 aromatic rings. The molecule has 1 aromatic heterocycles. The lowest BCUT2D eigenvalue weighted by atomic mass is 10.3. The highest BCUT2D eigenvalue weighted by Crippen LogP contribution is 2.27. The van der Waals surface area contributed by atoms with Gasteiger partial charge in [0.1, 0.15) is 10.7 Å². The number of hydrogen-bond donors (Lipinski definition) is 3. The summed E-state index contributed by atoms with van der Waals surface area (Å²) in [5.74, 6) is -1.12. The van der Waals surface area contributed by atoms with E-state index in [0.717, 1.165) is 11.3 Å². The second-order valence-electron chi connectivity index (χ2n) is 3.54. The van der Waals surface area contributed by atoms with E-state index in [9.17, 15) is 9.18 Å². The van der Waals surface area contributed by atoms with Gasteiger partial charge in [-0.05, 0) is 12.1 Å². The average Bonchev–Trinajstić information content (AvgIpc) is 2.76. The van der Waals surface area contributed by atoms with Gasteiger partial charge in [-0.2, -0.15) is 0 Å². The second kappa shape index (κ2) is 5.41. The second-order valence-corrected chi connectivity index (χ2v) is 4.95. The number of benzene rings is 1. The average molecular weight is 301 g/mol. The molecule has 0 unspecified atom stereocenters. The zero-order chi connectivity index (χ0) is 14.0. The van der Waals surface area contributed by atoms with Gasteiger partial charge in [-0.3, -0.25) is 4.79 Å². The molecule has 0 atom stereocenters. The van der Waals surface area contributed by atoms with Crippen molar-refractivity contribution in [2.24, 2.45) is 0 Å². The van der Waals surface area contributed by atoms with Gasteiger partial charge in [-0.15, -0.1) is 0 Å². The fourth-order valence-corrected chi connectivity index (χ4v) is 2.29. The van der Waals surface area contributed by atoms with Crippen molar-refractivity contribution >= 4 is 45.5 Å². The van der Waals surface area contributed by atoms with Crippen LogP contribution in [0, 0.1) is 5.82 Å². The van der Waals surface area contributed by atoms with Gasteiger partial charge in [0, 0.05) is 7.05 Å². The molecular weight excluding hydrogens is 291 g/mol. The predicted molar refractivity (Wildman–Crippen MR) is 75.4 cm³/mol. The molecule has 1 amide bonds. The predicted octanol–water partition coefficient (Wildman–Crippen LogP) is 2.81. The monoisotopic (exact) mass is 300 g/mol. The van der Waals surface area contributed by atoms with Crippen LogP contribution >= 0.6 is 22.9 Å². The summed E-state index contributed by atoms with van der Waals surface area (Å²) in [5, 5.41) is 5.63. The number of thiazole rings is 1. The zero-order valence-corrected chi connectivity index (χ0v) is 11.4. The number of carbonyl (C=O) groups excluding carboxylic acids is 1. The van der Waals surface area contributed by atoms with Crippen LogP contribution in [0.4, 0.5) is 21.0 Å². The molecular formula is C11H10ClFN4OS. The lowest BCUT2D eigenvalue weighted by Gasteiger charge is -2.05. The van der Waals surface area contributed by atoms with Crippen LogP contribution in [-0.4, -0.2) is 17.9 Å². The number of nitrogens with one attached hydrogen (secondary N) is 2. The topological polar surface area (TPSA) is 80.0 Å². The summed E-state index contributed by atoms with van der Waals surface area (Å²) in [5.41, 5.74) is 5.61. The van der Waals surface area contributed by atoms with E-state index in [1.54, 1.807) is 7.05 Å². The molecule has 2 rings (SSSR count). The normalized spacial score (nSPS) is 10.3. The number of nitrogens with zero attached hydrogens (tertiary/aromatic N) is 1. The van der Waals surface area contributed by atoms with Crippen LogP contribution in [0.15, 0.2) is 18.2 Å². The number of halogens is 2. The fraction of sp³-hybridized carbons (Fsp3) is 0.0909. The highest BCUT2D eigenvalue weighted by atomic mass is 35.5. The first kappa shape index (κ1) is 13.6. The van der Waals surface area contributed by atoms with Crippen LogP contribution in [0.25, 0.3) is 0 Å². The molecule has 0 saturated heterocycles. The number of carbonyl (C=O) groups is 1. The molecule has 5 nitrogen and oxygen atoms in total. The third kappa shape index (κ3) is 2.77. The Labute approximate surface area is 117 Å². The largest absolute Gasteiger partial charge is 0.382 e. The number of nitrogens with two attached hydrogens (primary N) is 1. The molecule has 0 fully saturated rings. The molecule has 0 radical (unpaired) electrons. The summed E-state index contributed by atoms with van der Waals surface area (Å²) < 4.78 is 13.6. The van der Waals surface area contributed by atoms with E-state index >= 15 is 0 Å². The third-order valence-corrected chi connectivity index (χ3v) is 3.65. The molecule has 1 aromatic carbocycles. The van der Waals surface area contributed by atoms with Crippen molar-refractivity contribution in [2.75, 3.05) is 23.4 Å². The van der Waals surface area contributed by atoms with E-state index in [1.165, 1.54) is 18.2 Å². The van der Waals surface area contributed by atoms with Crippen LogP contribution in [-0.2, 0) is 0 Å². The standard InChI is InChI=1S/C11H10ClFN4OS/c1-15-11-17-9(14)8(19-11)10(18)16-6-4-2-3-5(12)7(6)13/h2-4H,14H2,1H3,(H,15,17)(H,16,18). The SMILES string of the molecule is CNc1nc(N)c(C(=O)Nc2cccc(Cl)c2F)s1. The highest BCUT2D eigenvalue weighted by molar-refractivity contribution is 7.18. The maximum atomic E-state index is 13.6. The van der Waals surface area contributed by atoms with Gasteiger partial charge in [-0.25, -0.2) is 9.37 Å². The summed E-state index contributed by atoms with van der Waals surface area (Å²) in [6.45, 7) is 0. The Morgan fingerprint density at radius 3 is 2.89 bits per heavy atom. The minimum atomic E-state index is -0.686. The molecule has 4 N–H and O–H groups in total. The van der Waals surface area contributed by atoms with Gasteiger partial charge >= 0.3 is 0 Å². The Bertz CT molecular complexity index is 631. The van der Waals surface area contributed by atoms with Crippen molar-refractivity contribution in [3.05, 3.63) is 33.9 Å². The van der Waals surface area contributed by atoms with E-state index in [1.807, 2.05) is 0 Å². The molecule has 19 heavy (non-hydrogen) atoms. The van der Waals surface area contributed by atoms with Crippen LogP contribution in [0.2, 0.25) is 5.02 Å². The van der Waals surface area contributed by atoms with Crippen molar-refractivity contribution in [1.82, 2.24) is 4.98 Å². The Kier molecular flexibility index (Phi) is 3.87. The van der Waals surface area contributed by atoms with E-state index in [2.05, 4.69) is 15.6 Å². The highest BCUT2D eigenvalue weighted by Gasteiger charge is 2.17. The molecule has 0 spiro atoms. The van der Waals surface area contributed by atoms with Gasteiger partial charge in [0.05, 0.1) is 10.7 Å². The summed E-state index contributed by atoms with van der Waals surface area (Å²) in [6, 6.07) is 4.35. The Morgan fingerprint density at radius 1 is 1.53 bits per heavy atom. The Morgan fingerprint density at radius 2 is 2.26 bits per heavy atom. The van der Waals surface area contributed by atoms with Crippen molar-refractivity contribution < 1.29 is 9.18 Å². The summed E-state index contributed by atoms with van der Waals surface area (Å²) in [6.07, 6.45) is 0. The number of amides is 1. The van der Waals surface area contributed by atoms with Gasteiger partial charge in [0.2, 0.25) is 0 Å². The van der Waals surface area contributed by atoms with Gasteiger partial charge in [-0.1, -0.05) is 29.0 Å². The van der Waals surface area contributed by atoms with Crippen molar-refractivity contribution in [1.29, 1.82) is 0 Å². The molecule has 0 aliphatic carbocycles. The van der Waals surface area contributed by atoms with Crippen LogP contribution < -0.4 is 16.4 Å². The minimum absolute atomic E-state index is 0.00342. The maximum Gasteiger partial charge on any atom is 0.269 e. The molecule has 1 heterocycles. The van der Waals surface area contributed by atoms with Gasteiger partial charge < -0.3 is 16.4 Å². The minimum Gasteiger partial charge on any atom is -0.382 e. The zero-order valence-electron chi connectivity index (χ0n) is 9.83. The summed E-state index contributed by atoms with van der Waals surface area (Å²) in [7, 11) is 1.66. The first-order chi connectivity index (χ1) is 9.02. The lowest BCUT2D eigenvalue weighted by molar-refractivity contribution is 0.103.